The number of aromatic amines is 1. The molecule has 0 radical (unpaired) electrons. The summed E-state index contributed by atoms with van der Waals surface area (Å²) in [5.41, 5.74) is 2.18. The number of benzene rings is 2. The van der Waals surface area contributed by atoms with Gasteiger partial charge >= 0.3 is 4.87 Å². The van der Waals surface area contributed by atoms with Crippen molar-refractivity contribution in [3.05, 3.63) is 63.3 Å². The Bertz CT molecular complexity index is 985. The fraction of sp³-hybridized carbons (Fsp3) is 0.381. The number of fused-ring (bicyclic) bond motifs is 1. The number of ether oxygens (including phenoxy) is 1. The average molecular weight is 401 g/mol. The van der Waals surface area contributed by atoms with E-state index in [1.807, 2.05) is 18.2 Å². The van der Waals surface area contributed by atoms with Crippen molar-refractivity contribution in [1.82, 2.24) is 10.3 Å². The lowest BCUT2D eigenvalue weighted by molar-refractivity contribution is 0.0249. The summed E-state index contributed by atoms with van der Waals surface area (Å²) in [5.74, 6) is 0.0161. The second-order valence-electron chi connectivity index (χ2n) is 7.19. The fourth-order valence-corrected chi connectivity index (χ4v) is 4.73. The maximum absolute atomic E-state index is 11.7. The molecule has 0 bridgehead atoms. The Labute approximate surface area is 166 Å². The average Bonchev–Trinajstić information content (AvgIpc) is 3.32. The van der Waals surface area contributed by atoms with E-state index >= 15 is 0 Å². The van der Waals surface area contributed by atoms with Crippen LogP contribution in [0.3, 0.4) is 0 Å². The Hall–Kier alpha value is -2.19. The summed E-state index contributed by atoms with van der Waals surface area (Å²) in [5, 5.41) is 24.0. The Kier molecular flexibility index (Phi) is 5.77. The quantitative estimate of drug-likeness (QED) is 0.489. The molecule has 1 aromatic heterocycles. The monoisotopic (exact) mass is 400 g/mol. The van der Waals surface area contributed by atoms with Crippen molar-refractivity contribution in [1.29, 1.82) is 0 Å². The van der Waals surface area contributed by atoms with Gasteiger partial charge in [-0.15, -0.1) is 0 Å². The van der Waals surface area contributed by atoms with Crippen LogP contribution in [-0.4, -0.2) is 33.9 Å². The topological polar surface area (TPSA) is 94.6 Å². The normalized spacial score (nSPS) is 20.6. The number of hydrogen-bond acceptors (Lipinski definition) is 6. The highest BCUT2D eigenvalue weighted by Gasteiger charge is 2.28. The van der Waals surface area contributed by atoms with Gasteiger partial charge < -0.3 is 25.3 Å². The molecule has 6 nitrogen and oxygen atoms in total. The highest BCUT2D eigenvalue weighted by atomic mass is 32.1. The summed E-state index contributed by atoms with van der Waals surface area (Å²) in [6.45, 7) is 0.948. The summed E-state index contributed by atoms with van der Waals surface area (Å²) in [4.78, 5) is 14.0. The molecule has 1 fully saturated rings. The number of H-pyrrole nitrogens is 1. The molecule has 2 aromatic carbocycles. The number of thiazole rings is 1. The number of phenols is 1. The third kappa shape index (κ3) is 4.12. The molecule has 0 amide bonds. The number of phenolic OH excluding ortho intramolecular Hbond substituents is 1. The number of nitrogens with one attached hydrogen (secondary N) is 2. The standard InChI is InChI=1S/C21H24N2O4S/c24-16-10-9-14(20-19(16)23-21(26)28-20)17(25)11-22-15-7-4-8-18(15)27-12-13-5-2-1-3-6-13/h1-3,5-6,9-10,15,17-18,22,24-25H,4,7-8,11-12H2,(H,23,26)/t15?,17-,18+/m0/s1. The molecule has 0 saturated heterocycles. The molecule has 1 aliphatic carbocycles. The lowest BCUT2D eigenvalue weighted by atomic mass is 10.1. The van der Waals surface area contributed by atoms with Gasteiger partial charge in [0, 0.05) is 18.2 Å². The van der Waals surface area contributed by atoms with E-state index in [0.29, 0.717) is 28.9 Å². The van der Waals surface area contributed by atoms with E-state index in [1.165, 1.54) is 6.07 Å². The number of rotatable bonds is 7. The van der Waals surface area contributed by atoms with Crippen LogP contribution >= 0.6 is 11.3 Å². The van der Waals surface area contributed by atoms with Crippen LogP contribution in [0, 0.1) is 0 Å². The van der Waals surface area contributed by atoms with Crippen molar-refractivity contribution < 1.29 is 14.9 Å². The molecule has 1 aliphatic rings. The van der Waals surface area contributed by atoms with Crippen LogP contribution in [0.1, 0.15) is 36.5 Å². The zero-order valence-electron chi connectivity index (χ0n) is 15.4. The number of aromatic nitrogens is 1. The highest BCUT2D eigenvalue weighted by Crippen LogP contribution is 2.31. The van der Waals surface area contributed by atoms with Gasteiger partial charge in [0.05, 0.1) is 23.5 Å². The lowest BCUT2D eigenvalue weighted by Crippen LogP contribution is -2.39. The van der Waals surface area contributed by atoms with Crippen molar-refractivity contribution in [2.75, 3.05) is 6.54 Å². The zero-order valence-corrected chi connectivity index (χ0v) is 16.2. The van der Waals surface area contributed by atoms with Gasteiger partial charge in [-0.2, -0.15) is 0 Å². The molecule has 4 N–H and O–H groups in total. The van der Waals surface area contributed by atoms with E-state index in [9.17, 15) is 15.0 Å². The molecule has 3 aromatic rings. The van der Waals surface area contributed by atoms with Crippen LogP contribution in [-0.2, 0) is 11.3 Å². The molecule has 3 atom stereocenters. The zero-order chi connectivity index (χ0) is 19.5. The van der Waals surface area contributed by atoms with Crippen molar-refractivity contribution >= 4 is 21.6 Å². The molecule has 7 heteroatoms. The van der Waals surface area contributed by atoms with Crippen LogP contribution in [0.4, 0.5) is 0 Å². The molecule has 1 unspecified atom stereocenters. The minimum Gasteiger partial charge on any atom is -0.506 e. The summed E-state index contributed by atoms with van der Waals surface area (Å²) in [6.07, 6.45) is 2.45. The van der Waals surface area contributed by atoms with Crippen LogP contribution < -0.4 is 10.2 Å². The van der Waals surface area contributed by atoms with Gasteiger partial charge in [0.2, 0.25) is 0 Å². The molecule has 0 aliphatic heterocycles. The smallest absolute Gasteiger partial charge is 0.305 e. The Morgan fingerprint density at radius 2 is 2.04 bits per heavy atom. The fourth-order valence-electron chi connectivity index (χ4n) is 3.81. The molecule has 4 rings (SSSR count). The predicted octanol–water partition coefficient (Wildman–Crippen LogP) is 3.06. The van der Waals surface area contributed by atoms with E-state index in [-0.39, 0.29) is 22.8 Å². The Morgan fingerprint density at radius 1 is 1.21 bits per heavy atom. The molecular formula is C21H24N2O4S. The van der Waals surface area contributed by atoms with Gasteiger partial charge in [-0.25, -0.2) is 0 Å². The summed E-state index contributed by atoms with van der Waals surface area (Å²) >= 11 is 1.00. The van der Waals surface area contributed by atoms with Crippen LogP contribution in [0.25, 0.3) is 10.2 Å². The first-order chi connectivity index (χ1) is 13.6. The first-order valence-electron chi connectivity index (χ1n) is 9.53. The van der Waals surface area contributed by atoms with E-state index in [1.54, 1.807) is 6.07 Å². The van der Waals surface area contributed by atoms with E-state index in [0.717, 1.165) is 36.2 Å². The number of hydrogen-bond donors (Lipinski definition) is 4. The molecule has 0 spiro atoms. The third-order valence-corrected chi connectivity index (χ3v) is 6.21. The summed E-state index contributed by atoms with van der Waals surface area (Å²) in [7, 11) is 0. The first kappa shape index (κ1) is 19.1. The van der Waals surface area contributed by atoms with E-state index in [2.05, 4.69) is 22.4 Å². The first-order valence-corrected chi connectivity index (χ1v) is 10.3. The van der Waals surface area contributed by atoms with Gasteiger partial charge in [-0.3, -0.25) is 4.79 Å². The van der Waals surface area contributed by atoms with Crippen LogP contribution in [0.5, 0.6) is 5.75 Å². The van der Waals surface area contributed by atoms with Gasteiger partial charge in [-0.05, 0) is 30.9 Å². The maximum Gasteiger partial charge on any atom is 0.305 e. The second kappa shape index (κ2) is 8.45. The van der Waals surface area contributed by atoms with Crippen LogP contribution in [0.2, 0.25) is 0 Å². The van der Waals surface area contributed by atoms with Gasteiger partial charge in [0.1, 0.15) is 11.3 Å². The number of aliphatic hydroxyl groups is 1. The minimum absolute atomic E-state index is 0.0161. The third-order valence-electron chi connectivity index (χ3n) is 5.28. The van der Waals surface area contributed by atoms with Gasteiger partial charge in [0.25, 0.3) is 0 Å². The summed E-state index contributed by atoms with van der Waals surface area (Å²) < 4.78 is 6.71. The largest absolute Gasteiger partial charge is 0.506 e. The molecule has 1 saturated carbocycles. The molecule has 1 heterocycles. The lowest BCUT2D eigenvalue weighted by Gasteiger charge is -2.23. The van der Waals surface area contributed by atoms with Crippen molar-refractivity contribution in [3.8, 4) is 5.75 Å². The van der Waals surface area contributed by atoms with Gasteiger partial charge in [0.15, 0.2) is 0 Å². The minimum atomic E-state index is -0.773. The van der Waals surface area contributed by atoms with Crippen molar-refractivity contribution in [2.24, 2.45) is 0 Å². The van der Waals surface area contributed by atoms with E-state index in [4.69, 9.17) is 4.74 Å². The van der Waals surface area contributed by atoms with Crippen LogP contribution in [0.15, 0.2) is 47.3 Å². The molecule has 28 heavy (non-hydrogen) atoms. The molecular weight excluding hydrogens is 376 g/mol. The number of aromatic hydroxyl groups is 1. The van der Waals surface area contributed by atoms with Gasteiger partial charge in [-0.1, -0.05) is 47.7 Å². The van der Waals surface area contributed by atoms with E-state index < -0.39 is 6.10 Å². The second-order valence-corrected chi connectivity index (χ2v) is 8.17. The highest BCUT2D eigenvalue weighted by molar-refractivity contribution is 7.16. The Morgan fingerprint density at radius 3 is 2.86 bits per heavy atom. The number of aliphatic hydroxyl groups excluding tert-OH is 1. The maximum atomic E-state index is 11.7. The SMILES string of the molecule is O=c1[nH]c2c(O)ccc([C@@H](O)CNC3CCC[C@H]3OCc3ccccc3)c2s1. The van der Waals surface area contributed by atoms with Crippen molar-refractivity contribution in [2.45, 2.75) is 44.1 Å². The van der Waals surface area contributed by atoms with Crippen molar-refractivity contribution in [3.63, 3.8) is 0 Å². The molecule has 148 valence electrons. The predicted molar refractivity (Wildman–Crippen MR) is 110 cm³/mol. The Balaban J connectivity index is 1.38. The summed E-state index contributed by atoms with van der Waals surface area (Å²) in [6, 6.07) is 13.5.